The number of rotatable bonds is 7. The molecule has 0 saturated carbocycles. The van der Waals surface area contributed by atoms with Crippen LogP contribution in [-0.2, 0) is 4.74 Å². The Balaban J connectivity index is 1.51. The Bertz CT molecular complexity index is 927. The van der Waals surface area contributed by atoms with Crippen LogP contribution in [0.25, 0.3) is 0 Å². The van der Waals surface area contributed by atoms with Crippen LogP contribution < -0.4 is 15.4 Å². The summed E-state index contributed by atoms with van der Waals surface area (Å²) in [5.74, 6) is 1.07. The number of nitrogens with one attached hydrogen (secondary N) is 2. The van der Waals surface area contributed by atoms with E-state index < -0.39 is 17.7 Å². The fourth-order valence-corrected chi connectivity index (χ4v) is 4.70. The summed E-state index contributed by atoms with van der Waals surface area (Å²) in [6, 6.07) is 6.41. The Kier molecular flexibility index (Phi) is 8.81. The van der Waals surface area contributed by atoms with E-state index >= 15 is 0 Å². The summed E-state index contributed by atoms with van der Waals surface area (Å²) in [6.07, 6.45) is 0.0833. The summed E-state index contributed by atoms with van der Waals surface area (Å²) in [5, 5.41) is 25.1. The topological polar surface area (TPSA) is 127 Å². The van der Waals surface area contributed by atoms with Gasteiger partial charge in [-0.2, -0.15) is 5.26 Å². The van der Waals surface area contributed by atoms with Gasteiger partial charge >= 0.3 is 12.1 Å². The maximum absolute atomic E-state index is 12.5. The van der Waals surface area contributed by atoms with Crippen molar-refractivity contribution in [1.82, 2.24) is 15.1 Å². The normalized spacial score (nSPS) is 21.0. The van der Waals surface area contributed by atoms with E-state index in [4.69, 9.17) is 14.7 Å². The third-order valence-corrected chi connectivity index (χ3v) is 5.90. The van der Waals surface area contributed by atoms with Crippen LogP contribution in [0.4, 0.5) is 15.3 Å². The van der Waals surface area contributed by atoms with Crippen LogP contribution >= 0.6 is 0 Å². The zero-order valence-corrected chi connectivity index (χ0v) is 21.0. The zero-order valence-electron chi connectivity index (χ0n) is 21.0. The summed E-state index contributed by atoms with van der Waals surface area (Å²) in [5.41, 5.74) is 0.256. The number of hydrogen-bond donors (Lipinski definition) is 3. The van der Waals surface area contributed by atoms with Gasteiger partial charge in [-0.05, 0) is 64.2 Å². The number of aliphatic hydroxyl groups excluding tert-OH is 1. The summed E-state index contributed by atoms with van der Waals surface area (Å²) in [7, 11) is 0. The Labute approximate surface area is 207 Å². The van der Waals surface area contributed by atoms with Crippen molar-refractivity contribution in [2.45, 2.75) is 45.8 Å². The van der Waals surface area contributed by atoms with E-state index in [0.29, 0.717) is 55.0 Å². The number of carbonyl (C=O) groups is 2. The third-order valence-electron chi connectivity index (χ3n) is 5.90. The van der Waals surface area contributed by atoms with Gasteiger partial charge in [-0.25, -0.2) is 9.59 Å². The number of anilines is 1. The summed E-state index contributed by atoms with van der Waals surface area (Å²) in [6.45, 7) is 11.3. The number of fused-ring (bicyclic) bond motifs is 2. The minimum Gasteiger partial charge on any atom is -0.489 e. The average Bonchev–Trinajstić information content (AvgIpc) is 2.76. The van der Waals surface area contributed by atoms with Gasteiger partial charge in [0.05, 0.1) is 17.3 Å². The molecule has 3 amide bonds. The lowest BCUT2D eigenvalue weighted by atomic mass is 9.84. The van der Waals surface area contributed by atoms with Gasteiger partial charge in [0.25, 0.3) is 0 Å². The van der Waals surface area contributed by atoms with Crippen LogP contribution in [0, 0.1) is 23.2 Å². The number of aliphatic hydroxyl groups is 1. The van der Waals surface area contributed by atoms with Crippen LogP contribution in [0.2, 0.25) is 0 Å². The van der Waals surface area contributed by atoms with Gasteiger partial charge in [-0.1, -0.05) is 0 Å². The highest BCUT2D eigenvalue weighted by Crippen LogP contribution is 2.30. The molecule has 2 aliphatic rings. The van der Waals surface area contributed by atoms with Crippen molar-refractivity contribution in [3.8, 4) is 11.8 Å². The molecular formula is C25H37N5O5. The molecule has 2 fully saturated rings. The second kappa shape index (κ2) is 11.6. The number of ether oxygens (including phenoxy) is 2. The van der Waals surface area contributed by atoms with Crippen LogP contribution in [0.15, 0.2) is 18.2 Å². The van der Waals surface area contributed by atoms with Gasteiger partial charge in [0.2, 0.25) is 0 Å². The first-order valence-electron chi connectivity index (χ1n) is 12.2. The average molecular weight is 488 g/mol. The lowest BCUT2D eigenvalue weighted by Gasteiger charge is -2.46. The number of amides is 3. The SMILES string of the molecule is CCNC(=O)Nc1cc(C#N)ccc1OCC(O)CN1CC2CC(C1)CN(C(=O)OC(C)(C)C)C2. The van der Waals surface area contributed by atoms with Crippen molar-refractivity contribution in [1.29, 1.82) is 5.26 Å². The van der Waals surface area contributed by atoms with Crippen LogP contribution in [0.3, 0.4) is 0 Å². The van der Waals surface area contributed by atoms with Gasteiger partial charge in [-0.3, -0.25) is 4.90 Å². The lowest BCUT2D eigenvalue weighted by Crippen LogP contribution is -2.56. The monoisotopic (exact) mass is 487 g/mol. The van der Waals surface area contributed by atoms with Gasteiger partial charge in [0, 0.05) is 39.3 Å². The number of urea groups is 1. The predicted octanol–water partition coefficient (Wildman–Crippen LogP) is 2.63. The van der Waals surface area contributed by atoms with Crippen molar-refractivity contribution >= 4 is 17.8 Å². The molecule has 3 rings (SSSR count). The van der Waals surface area contributed by atoms with Crippen molar-refractivity contribution in [3.05, 3.63) is 23.8 Å². The molecule has 10 nitrogen and oxygen atoms in total. The number of piperidine rings is 2. The molecule has 192 valence electrons. The number of benzene rings is 1. The standard InChI is InChI=1S/C25H37N5O5/c1-5-27-23(32)28-21-9-17(10-26)6-7-22(21)34-16-20(31)15-29-11-18-8-19(12-29)14-30(13-18)24(33)35-25(2,3)4/h6-7,9,18-20,31H,5,8,11-16H2,1-4H3,(H2,27,28,32). The second-order valence-corrected chi connectivity index (χ2v) is 10.3. The molecule has 3 N–H and O–H groups in total. The van der Waals surface area contributed by atoms with Gasteiger partial charge in [0.15, 0.2) is 0 Å². The number of nitrogens with zero attached hydrogens (tertiary/aromatic N) is 3. The van der Waals surface area contributed by atoms with E-state index in [2.05, 4.69) is 15.5 Å². The Morgan fingerprint density at radius 3 is 2.51 bits per heavy atom. The molecule has 0 aliphatic carbocycles. The molecule has 3 atom stereocenters. The number of nitriles is 1. The van der Waals surface area contributed by atoms with Crippen molar-refractivity contribution < 1.29 is 24.2 Å². The van der Waals surface area contributed by atoms with Crippen LogP contribution in [0.5, 0.6) is 5.75 Å². The maximum atomic E-state index is 12.5. The molecule has 2 aliphatic heterocycles. The quantitative estimate of drug-likeness (QED) is 0.539. The molecule has 0 spiro atoms. The van der Waals surface area contributed by atoms with Gasteiger partial charge in [-0.15, -0.1) is 0 Å². The fraction of sp³-hybridized carbons (Fsp3) is 0.640. The number of β-amino-alcohol motifs (C(OH)–C–C–N with tert-alkyl or cyclic N) is 1. The molecule has 1 aromatic rings. The number of carbonyl (C=O) groups excluding carboxylic acids is 2. The first-order chi connectivity index (χ1) is 16.6. The van der Waals surface area contributed by atoms with E-state index in [1.54, 1.807) is 18.2 Å². The summed E-state index contributed by atoms with van der Waals surface area (Å²) >= 11 is 0. The zero-order chi connectivity index (χ0) is 25.6. The highest BCUT2D eigenvalue weighted by atomic mass is 16.6. The minimum absolute atomic E-state index is 0.0475. The fourth-order valence-electron chi connectivity index (χ4n) is 4.70. The molecule has 2 bridgehead atoms. The molecule has 1 aromatic carbocycles. The molecule has 35 heavy (non-hydrogen) atoms. The van der Waals surface area contributed by atoms with E-state index in [-0.39, 0.29) is 12.7 Å². The Morgan fingerprint density at radius 1 is 1.23 bits per heavy atom. The Hall–Kier alpha value is -3.03. The molecule has 0 radical (unpaired) electrons. The first kappa shape index (κ1) is 26.6. The molecular weight excluding hydrogens is 450 g/mol. The summed E-state index contributed by atoms with van der Waals surface area (Å²) < 4.78 is 11.3. The third kappa shape index (κ3) is 8.01. The molecule has 10 heteroatoms. The maximum Gasteiger partial charge on any atom is 0.410 e. The van der Waals surface area contributed by atoms with E-state index in [1.165, 1.54) is 0 Å². The van der Waals surface area contributed by atoms with Crippen molar-refractivity contribution in [3.63, 3.8) is 0 Å². The minimum atomic E-state index is -0.733. The molecule has 2 saturated heterocycles. The molecule has 2 heterocycles. The highest BCUT2D eigenvalue weighted by molar-refractivity contribution is 5.91. The lowest BCUT2D eigenvalue weighted by molar-refractivity contribution is -0.0198. The van der Waals surface area contributed by atoms with E-state index in [1.807, 2.05) is 38.7 Å². The molecule has 0 aromatic heterocycles. The molecule has 3 unspecified atom stereocenters. The predicted molar refractivity (Wildman–Crippen MR) is 131 cm³/mol. The number of likely N-dealkylation sites (tertiary alicyclic amines) is 2. The van der Waals surface area contributed by atoms with E-state index in [9.17, 15) is 14.7 Å². The number of hydrogen-bond acceptors (Lipinski definition) is 7. The first-order valence-corrected chi connectivity index (χ1v) is 12.2. The van der Waals surface area contributed by atoms with E-state index in [0.717, 1.165) is 19.5 Å². The van der Waals surface area contributed by atoms with Crippen LogP contribution in [-0.4, -0.2) is 84.6 Å². The second-order valence-electron chi connectivity index (χ2n) is 10.3. The Morgan fingerprint density at radius 2 is 1.91 bits per heavy atom. The van der Waals surface area contributed by atoms with Crippen LogP contribution in [0.1, 0.15) is 39.7 Å². The largest absolute Gasteiger partial charge is 0.489 e. The van der Waals surface area contributed by atoms with Crippen molar-refractivity contribution in [2.24, 2.45) is 11.8 Å². The van der Waals surface area contributed by atoms with Crippen molar-refractivity contribution in [2.75, 3.05) is 51.2 Å². The summed E-state index contributed by atoms with van der Waals surface area (Å²) in [4.78, 5) is 28.5. The smallest absolute Gasteiger partial charge is 0.410 e. The van der Waals surface area contributed by atoms with Gasteiger partial charge < -0.3 is 30.1 Å². The highest BCUT2D eigenvalue weighted by Gasteiger charge is 2.37. The van der Waals surface area contributed by atoms with Gasteiger partial charge in [0.1, 0.15) is 24.1 Å².